The molecule has 3 N–H and O–H groups in total. The predicted molar refractivity (Wildman–Crippen MR) is 111 cm³/mol. The molecular weight excluding hydrogens is 382 g/mol. The highest BCUT2D eigenvalue weighted by Gasteiger charge is 2.68. The van der Waals surface area contributed by atoms with Crippen LogP contribution in [0.2, 0.25) is 0 Å². The molecule has 2 fully saturated rings. The molecule has 1 unspecified atom stereocenters. The van der Waals surface area contributed by atoms with E-state index in [1.807, 2.05) is 0 Å². The number of nitrogens with one attached hydrogen (secondary N) is 1. The van der Waals surface area contributed by atoms with E-state index < -0.39 is 11.8 Å². The SMILES string of the molecule is COC1NC(=O)c2cc(O)c3c(c21)O[C@@]12CC[C@H](O)C(C)(C)[C@@H]1CC[C@H](C)[C@@]2(C)C3. The van der Waals surface area contributed by atoms with E-state index in [9.17, 15) is 15.0 Å². The van der Waals surface area contributed by atoms with Gasteiger partial charge < -0.3 is 25.0 Å². The minimum Gasteiger partial charge on any atom is -0.508 e. The standard InChI is InChI=1S/C24H33NO5/c1-12-6-7-16-22(2,3)17(27)8-9-24(16)23(12,4)11-14-15(26)10-13-18(19(14)30-24)21(29-5)25-20(13)28/h10,12,16-17,21,26-27H,6-9,11H2,1-5H3,(H,25,28)/t12-,16-,17-,21?,23+,24-/m0/s1. The van der Waals surface area contributed by atoms with E-state index in [2.05, 4.69) is 33.0 Å². The molecule has 6 atom stereocenters. The van der Waals surface area contributed by atoms with Gasteiger partial charge in [0.2, 0.25) is 0 Å². The maximum absolute atomic E-state index is 12.5. The van der Waals surface area contributed by atoms with Crippen LogP contribution < -0.4 is 10.1 Å². The van der Waals surface area contributed by atoms with Crippen molar-refractivity contribution in [3.05, 3.63) is 22.8 Å². The van der Waals surface area contributed by atoms with Crippen LogP contribution in [0.5, 0.6) is 11.5 Å². The molecule has 2 saturated carbocycles. The summed E-state index contributed by atoms with van der Waals surface area (Å²) < 4.78 is 12.6. The maximum atomic E-state index is 12.5. The molecule has 2 aliphatic carbocycles. The van der Waals surface area contributed by atoms with E-state index in [1.165, 1.54) is 0 Å². The summed E-state index contributed by atoms with van der Waals surface area (Å²) in [5, 5.41) is 24.6. The Hall–Kier alpha value is -1.79. The summed E-state index contributed by atoms with van der Waals surface area (Å²) in [6.07, 6.45) is 3.28. The Labute approximate surface area is 178 Å². The van der Waals surface area contributed by atoms with Crippen LogP contribution in [0, 0.1) is 22.7 Å². The summed E-state index contributed by atoms with van der Waals surface area (Å²) in [4.78, 5) is 12.5. The number of phenols is 1. The number of benzene rings is 1. The van der Waals surface area contributed by atoms with Gasteiger partial charge in [-0.3, -0.25) is 4.79 Å². The van der Waals surface area contributed by atoms with Crippen molar-refractivity contribution >= 4 is 5.91 Å². The largest absolute Gasteiger partial charge is 0.508 e. The second kappa shape index (κ2) is 6.13. The lowest BCUT2D eigenvalue weighted by Crippen LogP contribution is -2.70. The van der Waals surface area contributed by atoms with Crippen molar-refractivity contribution in [2.75, 3.05) is 7.11 Å². The summed E-state index contributed by atoms with van der Waals surface area (Å²) >= 11 is 0. The molecule has 2 heterocycles. The molecule has 0 aromatic heterocycles. The fourth-order valence-electron chi connectivity index (χ4n) is 7.17. The molecule has 6 nitrogen and oxygen atoms in total. The molecule has 30 heavy (non-hydrogen) atoms. The lowest BCUT2D eigenvalue weighted by atomic mass is 9.43. The molecule has 6 heteroatoms. The molecule has 0 radical (unpaired) electrons. The van der Waals surface area contributed by atoms with E-state index in [0.717, 1.165) is 24.8 Å². The van der Waals surface area contributed by atoms with Gasteiger partial charge in [-0.15, -0.1) is 0 Å². The fourth-order valence-corrected chi connectivity index (χ4v) is 7.17. The van der Waals surface area contributed by atoms with Gasteiger partial charge in [-0.1, -0.05) is 27.7 Å². The smallest absolute Gasteiger partial charge is 0.254 e. The number of ether oxygens (including phenoxy) is 2. The molecule has 164 valence electrons. The Kier molecular flexibility index (Phi) is 4.12. The second-order valence-corrected chi connectivity index (χ2v) is 10.7. The van der Waals surface area contributed by atoms with E-state index >= 15 is 0 Å². The first-order chi connectivity index (χ1) is 14.1. The van der Waals surface area contributed by atoms with Gasteiger partial charge in [0.15, 0.2) is 6.23 Å². The summed E-state index contributed by atoms with van der Waals surface area (Å²) in [5.74, 6) is 1.08. The predicted octanol–water partition coefficient (Wildman–Crippen LogP) is 3.69. The number of aliphatic hydroxyl groups is 1. The van der Waals surface area contributed by atoms with Gasteiger partial charge in [0.05, 0.1) is 17.2 Å². The minimum atomic E-state index is -0.579. The monoisotopic (exact) mass is 415 g/mol. The molecule has 1 aromatic carbocycles. The summed E-state index contributed by atoms with van der Waals surface area (Å²) in [5.41, 5.74) is 1.00. The molecule has 0 bridgehead atoms. The topological polar surface area (TPSA) is 88.0 Å². The molecule has 5 rings (SSSR count). The van der Waals surface area contributed by atoms with E-state index in [1.54, 1.807) is 13.2 Å². The van der Waals surface area contributed by atoms with E-state index in [0.29, 0.717) is 35.6 Å². The van der Waals surface area contributed by atoms with Crippen LogP contribution in [-0.2, 0) is 11.2 Å². The zero-order valence-electron chi connectivity index (χ0n) is 18.5. The maximum Gasteiger partial charge on any atom is 0.254 e. The van der Waals surface area contributed by atoms with Gasteiger partial charge in [-0.2, -0.15) is 0 Å². The van der Waals surface area contributed by atoms with Gasteiger partial charge in [-0.05, 0) is 49.5 Å². The van der Waals surface area contributed by atoms with Crippen LogP contribution in [0.3, 0.4) is 0 Å². The number of aliphatic hydroxyl groups excluding tert-OH is 1. The van der Waals surface area contributed by atoms with Gasteiger partial charge in [0, 0.05) is 24.0 Å². The van der Waals surface area contributed by atoms with Crippen molar-refractivity contribution in [1.29, 1.82) is 0 Å². The Morgan fingerprint density at radius 3 is 2.67 bits per heavy atom. The number of amides is 1. The van der Waals surface area contributed by atoms with Gasteiger partial charge in [0.25, 0.3) is 5.91 Å². The first-order valence-corrected chi connectivity index (χ1v) is 11.2. The zero-order chi connectivity index (χ0) is 21.6. The van der Waals surface area contributed by atoms with Crippen LogP contribution in [0.1, 0.15) is 81.1 Å². The first-order valence-electron chi connectivity index (χ1n) is 11.2. The first kappa shape index (κ1) is 20.1. The van der Waals surface area contributed by atoms with Crippen molar-refractivity contribution in [3.63, 3.8) is 0 Å². The number of hydrogen-bond donors (Lipinski definition) is 3. The average molecular weight is 416 g/mol. The third kappa shape index (κ3) is 2.24. The molecular formula is C24H33NO5. The van der Waals surface area contributed by atoms with E-state index in [4.69, 9.17) is 9.47 Å². The van der Waals surface area contributed by atoms with Crippen molar-refractivity contribution in [2.24, 2.45) is 22.7 Å². The number of hydrogen-bond acceptors (Lipinski definition) is 5. The molecule has 1 aromatic rings. The quantitative estimate of drug-likeness (QED) is 0.651. The number of fused-ring (bicyclic) bond motifs is 3. The van der Waals surface area contributed by atoms with Crippen LogP contribution >= 0.6 is 0 Å². The summed E-state index contributed by atoms with van der Waals surface area (Å²) in [7, 11) is 1.57. The average Bonchev–Trinajstić information content (AvgIpc) is 3.01. The Morgan fingerprint density at radius 2 is 1.97 bits per heavy atom. The number of rotatable bonds is 1. The summed E-state index contributed by atoms with van der Waals surface area (Å²) in [6.45, 7) is 8.91. The van der Waals surface area contributed by atoms with Crippen LogP contribution in [-0.4, -0.2) is 34.9 Å². The van der Waals surface area contributed by atoms with Crippen molar-refractivity contribution in [3.8, 4) is 11.5 Å². The van der Waals surface area contributed by atoms with Crippen LogP contribution in [0.4, 0.5) is 0 Å². The van der Waals surface area contributed by atoms with Crippen molar-refractivity contribution in [1.82, 2.24) is 5.32 Å². The van der Waals surface area contributed by atoms with Gasteiger partial charge in [0.1, 0.15) is 17.1 Å². The molecule has 1 amide bonds. The Balaban J connectivity index is 1.75. The normalized spacial score (nSPS) is 41.1. The van der Waals surface area contributed by atoms with Crippen LogP contribution in [0.25, 0.3) is 0 Å². The Bertz CT molecular complexity index is 927. The minimum absolute atomic E-state index is 0.121. The highest BCUT2D eigenvalue weighted by molar-refractivity contribution is 6.00. The third-order valence-electron chi connectivity index (χ3n) is 9.28. The molecule has 4 aliphatic rings. The van der Waals surface area contributed by atoms with Crippen molar-refractivity contribution < 1.29 is 24.5 Å². The zero-order valence-corrected chi connectivity index (χ0v) is 18.5. The third-order valence-corrected chi connectivity index (χ3v) is 9.28. The number of phenolic OH excluding ortho intramolecular Hbond substituents is 1. The Morgan fingerprint density at radius 1 is 1.23 bits per heavy atom. The molecule has 1 spiro atoms. The highest BCUT2D eigenvalue weighted by Crippen LogP contribution is 2.67. The van der Waals surface area contributed by atoms with Crippen LogP contribution in [0.15, 0.2) is 6.07 Å². The van der Waals surface area contributed by atoms with Gasteiger partial charge >= 0.3 is 0 Å². The molecule has 0 saturated heterocycles. The highest BCUT2D eigenvalue weighted by atomic mass is 16.5. The molecule has 2 aliphatic heterocycles. The number of aromatic hydroxyl groups is 1. The van der Waals surface area contributed by atoms with E-state index in [-0.39, 0.29) is 34.5 Å². The second-order valence-electron chi connectivity index (χ2n) is 10.7. The lowest BCUT2D eigenvalue weighted by Gasteiger charge is -2.67. The summed E-state index contributed by atoms with van der Waals surface area (Å²) in [6, 6.07) is 1.56. The fraction of sp³-hybridized carbons (Fsp3) is 0.708. The van der Waals surface area contributed by atoms with Crippen molar-refractivity contribution in [2.45, 2.75) is 77.7 Å². The number of methoxy groups -OCH3 is 1. The van der Waals surface area contributed by atoms with Gasteiger partial charge in [-0.25, -0.2) is 0 Å². The lowest BCUT2D eigenvalue weighted by molar-refractivity contribution is -0.234. The number of carbonyl (C=O) groups is 1. The number of carbonyl (C=O) groups excluding carboxylic acids is 1.